The van der Waals surface area contributed by atoms with E-state index >= 15 is 0 Å². The van der Waals surface area contributed by atoms with Gasteiger partial charge in [0, 0.05) is 21.7 Å². The van der Waals surface area contributed by atoms with Gasteiger partial charge in [0.2, 0.25) is 0 Å². The van der Waals surface area contributed by atoms with Crippen molar-refractivity contribution in [1.82, 2.24) is 10.3 Å². The molecule has 1 aromatic heterocycles. The van der Waals surface area contributed by atoms with Crippen LogP contribution in [0.15, 0.2) is 30.5 Å². The van der Waals surface area contributed by atoms with Crippen molar-refractivity contribution in [1.29, 1.82) is 0 Å². The molecule has 0 aliphatic heterocycles. The molecule has 1 aromatic carbocycles. The number of carbonyl (C=O) groups excluding carboxylic acids is 1. The summed E-state index contributed by atoms with van der Waals surface area (Å²) in [5.41, 5.74) is 0.607. The Kier molecular flexibility index (Phi) is 3.76. The second-order valence-electron chi connectivity index (χ2n) is 3.54. The van der Waals surface area contributed by atoms with Crippen LogP contribution >= 0.6 is 22.9 Å². The Morgan fingerprint density at radius 3 is 2.71 bits per heavy atom. The summed E-state index contributed by atoms with van der Waals surface area (Å²) in [4.78, 5) is 16.9. The summed E-state index contributed by atoms with van der Waals surface area (Å²) in [6.07, 6.45) is 1.78. The van der Waals surface area contributed by atoms with E-state index in [1.807, 2.05) is 6.92 Å². The number of rotatable bonds is 3. The van der Waals surface area contributed by atoms with Crippen LogP contribution in [0, 0.1) is 6.92 Å². The second-order valence-corrected chi connectivity index (χ2v) is 5.29. The Morgan fingerprint density at radius 2 is 2.12 bits per heavy atom. The van der Waals surface area contributed by atoms with Gasteiger partial charge in [-0.1, -0.05) is 11.6 Å². The van der Waals surface area contributed by atoms with E-state index in [0.717, 1.165) is 9.88 Å². The molecule has 1 N–H and O–H groups in total. The highest BCUT2D eigenvalue weighted by atomic mass is 35.5. The van der Waals surface area contributed by atoms with Crippen LogP contribution in [-0.4, -0.2) is 10.9 Å². The number of thiazole rings is 1. The molecular weight excluding hydrogens is 256 g/mol. The maximum Gasteiger partial charge on any atom is 0.251 e. The molecule has 5 heteroatoms. The Labute approximate surface area is 108 Å². The van der Waals surface area contributed by atoms with Crippen LogP contribution in [-0.2, 0) is 6.54 Å². The van der Waals surface area contributed by atoms with Crippen molar-refractivity contribution in [3.8, 4) is 0 Å². The molecule has 0 aliphatic rings. The molecule has 0 aliphatic carbocycles. The average molecular weight is 267 g/mol. The zero-order chi connectivity index (χ0) is 12.3. The lowest BCUT2D eigenvalue weighted by atomic mass is 10.2. The van der Waals surface area contributed by atoms with Crippen LogP contribution in [0.25, 0.3) is 0 Å². The van der Waals surface area contributed by atoms with Crippen molar-refractivity contribution >= 4 is 28.8 Å². The lowest BCUT2D eigenvalue weighted by Crippen LogP contribution is -2.22. The minimum atomic E-state index is -0.104. The molecule has 1 amide bonds. The van der Waals surface area contributed by atoms with Crippen LogP contribution in [0.4, 0.5) is 0 Å². The minimum Gasteiger partial charge on any atom is -0.347 e. The number of hydrogen-bond acceptors (Lipinski definition) is 3. The number of aromatic nitrogens is 1. The first kappa shape index (κ1) is 12.1. The number of nitrogens with one attached hydrogen (secondary N) is 1. The highest BCUT2D eigenvalue weighted by molar-refractivity contribution is 7.11. The summed E-state index contributed by atoms with van der Waals surface area (Å²) >= 11 is 7.33. The van der Waals surface area contributed by atoms with Gasteiger partial charge in [-0.15, -0.1) is 11.3 Å². The van der Waals surface area contributed by atoms with Crippen molar-refractivity contribution in [3.05, 3.63) is 50.9 Å². The third kappa shape index (κ3) is 3.28. The number of halogens is 1. The summed E-state index contributed by atoms with van der Waals surface area (Å²) in [5, 5.41) is 4.46. The van der Waals surface area contributed by atoms with Gasteiger partial charge in [0.15, 0.2) is 0 Å². The quantitative estimate of drug-likeness (QED) is 0.928. The van der Waals surface area contributed by atoms with Gasteiger partial charge in [0.1, 0.15) is 0 Å². The van der Waals surface area contributed by atoms with E-state index in [1.54, 1.807) is 41.8 Å². The largest absolute Gasteiger partial charge is 0.347 e. The van der Waals surface area contributed by atoms with Gasteiger partial charge < -0.3 is 5.32 Å². The third-order valence-electron chi connectivity index (χ3n) is 2.20. The van der Waals surface area contributed by atoms with Gasteiger partial charge in [0.25, 0.3) is 5.91 Å². The first-order valence-corrected chi connectivity index (χ1v) is 6.29. The van der Waals surface area contributed by atoms with Crippen molar-refractivity contribution in [3.63, 3.8) is 0 Å². The predicted molar refractivity (Wildman–Crippen MR) is 69.5 cm³/mol. The molecule has 0 unspecified atom stereocenters. The van der Waals surface area contributed by atoms with Crippen LogP contribution in [0.5, 0.6) is 0 Å². The summed E-state index contributed by atoms with van der Waals surface area (Å²) in [5.74, 6) is -0.104. The van der Waals surface area contributed by atoms with Gasteiger partial charge >= 0.3 is 0 Å². The number of benzene rings is 1. The number of nitrogens with zero attached hydrogens (tertiary/aromatic N) is 1. The molecular formula is C12H11ClN2OS. The third-order valence-corrected chi connectivity index (χ3v) is 3.36. The first-order valence-electron chi connectivity index (χ1n) is 5.10. The molecule has 0 atom stereocenters. The Morgan fingerprint density at radius 1 is 1.41 bits per heavy atom. The van der Waals surface area contributed by atoms with Crippen LogP contribution in [0.2, 0.25) is 5.02 Å². The van der Waals surface area contributed by atoms with Crippen LogP contribution in [0.3, 0.4) is 0 Å². The highest BCUT2D eigenvalue weighted by Crippen LogP contribution is 2.12. The predicted octanol–water partition coefficient (Wildman–Crippen LogP) is 3.03. The molecule has 0 saturated heterocycles. The molecule has 0 saturated carbocycles. The van der Waals surface area contributed by atoms with Crippen molar-refractivity contribution in [2.24, 2.45) is 0 Å². The van der Waals surface area contributed by atoms with E-state index < -0.39 is 0 Å². The number of amides is 1. The Hall–Kier alpha value is -1.39. The van der Waals surface area contributed by atoms with Crippen molar-refractivity contribution in [2.45, 2.75) is 13.5 Å². The topological polar surface area (TPSA) is 42.0 Å². The van der Waals surface area contributed by atoms with E-state index in [-0.39, 0.29) is 5.91 Å². The number of carbonyl (C=O) groups is 1. The molecule has 2 aromatic rings. The molecule has 17 heavy (non-hydrogen) atoms. The van der Waals surface area contributed by atoms with Gasteiger partial charge in [-0.3, -0.25) is 4.79 Å². The minimum absolute atomic E-state index is 0.104. The molecule has 1 heterocycles. The molecule has 88 valence electrons. The highest BCUT2D eigenvalue weighted by Gasteiger charge is 2.05. The summed E-state index contributed by atoms with van der Waals surface area (Å²) in [6.45, 7) is 2.45. The fourth-order valence-corrected chi connectivity index (χ4v) is 2.22. The van der Waals surface area contributed by atoms with Gasteiger partial charge in [-0.2, -0.15) is 0 Å². The molecule has 0 fully saturated rings. The van der Waals surface area contributed by atoms with E-state index in [4.69, 9.17) is 11.6 Å². The molecule has 2 rings (SSSR count). The zero-order valence-corrected chi connectivity index (χ0v) is 10.8. The van der Waals surface area contributed by atoms with Gasteiger partial charge in [-0.05, 0) is 31.2 Å². The van der Waals surface area contributed by atoms with E-state index in [0.29, 0.717) is 17.1 Å². The van der Waals surface area contributed by atoms with Gasteiger partial charge in [-0.25, -0.2) is 4.98 Å². The molecule has 0 spiro atoms. The van der Waals surface area contributed by atoms with Crippen LogP contribution < -0.4 is 5.32 Å². The zero-order valence-electron chi connectivity index (χ0n) is 9.24. The molecule has 3 nitrogen and oxygen atoms in total. The second kappa shape index (κ2) is 5.29. The Bertz CT molecular complexity index is 522. The maximum absolute atomic E-state index is 11.8. The summed E-state index contributed by atoms with van der Waals surface area (Å²) < 4.78 is 0. The Balaban J connectivity index is 1.95. The number of hydrogen-bond donors (Lipinski definition) is 1. The lowest BCUT2D eigenvalue weighted by Gasteiger charge is -2.03. The maximum atomic E-state index is 11.8. The SMILES string of the molecule is Cc1ncc(CNC(=O)c2ccc(Cl)cc2)s1. The average Bonchev–Trinajstić information content (AvgIpc) is 2.73. The van der Waals surface area contributed by atoms with E-state index in [2.05, 4.69) is 10.3 Å². The van der Waals surface area contributed by atoms with Crippen molar-refractivity contribution in [2.75, 3.05) is 0 Å². The fraction of sp³-hybridized carbons (Fsp3) is 0.167. The smallest absolute Gasteiger partial charge is 0.251 e. The standard InChI is InChI=1S/C12H11ClN2OS/c1-8-14-6-11(17-8)7-15-12(16)9-2-4-10(13)5-3-9/h2-6H,7H2,1H3,(H,15,16). The van der Waals surface area contributed by atoms with Crippen LogP contribution in [0.1, 0.15) is 20.2 Å². The molecule has 0 bridgehead atoms. The van der Waals surface area contributed by atoms with E-state index in [9.17, 15) is 4.79 Å². The first-order chi connectivity index (χ1) is 8.15. The summed E-state index contributed by atoms with van der Waals surface area (Å²) in [7, 11) is 0. The monoisotopic (exact) mass is 266 g/mol. The van der Waals surface area contributed by atoms with E-state index in [1.165, 1.54) is 0 Å². The lowest BCUT2D eigenvalue weighted by molar-refractivity contribution is 0.0951. The van der Waals surface area contributed by atoms with Gasteiger partial charge in [0.05, 0.1) is 11.6 Å². The molecule has 0 radical (unpaired) electrons. The number of aryl methyl sites for hydroxylation is 1. The summed E-state index contributed by atoms with van der Waals surface area (Å²) in [6, 6.07) is 6.81. The fourth-order valence-electron chi connectivity index (χ4n) is 1.36. The van der Waals surface area contributed by atoms with Crippen molar-refractivity contribution < 1.29 is 4.79 Å². The normalized spacial score (nSPS) is 10.2.